The number of nitro groups is 1. The van der Waals surface area contributed by atoms with Crippen molar-refractivity contribution in [2.75, 3.05) is 44.2 Å². The summed E-state index contributed by atoms with van der Waals surface area (Å²) in [5, 5.41) is 20.7. The maximum Gasteiger partial charge on any atom is 0.282 e. The van der Waals surface area contributed by atoms with E-state index >= 15 is 0 Å². The Morgan fingerprint density at radius 3 is 2.12 bits per heavy atom. The van der Waals surface area contributed by atoms with Gasteiger partial charge in [0.15, 0.2) is 0 Å². The molecule has 2 heterocycles. The van der Waals surface area contributed by atoms with E-state index in [1.54, 1.807) is 24.3 Å². The number of carbonyl (C=O) groups excluding carboxylic acids is 2. The standard InChI is InChI=1S/C22H21ClN4O5/c23-16-3-7-17(8-4-16)26-21(29)19(15-1-5-18(6-2-15)27(31)32)20(22(26)30)25-11-9-24(10-12-25)13-14-28/h1-8,28H,9-14H2. The van der Waals surface area contributed by atoms with Gasteiger partial charge in [0.05, 0.1) is 22.8 Å². The smallest absolute Gasteiger partial charge is 0.282 e. The van der Waals surface area contributed by atoms with Gasteiger partial charge in [-0.2, -0.15) is 0 Å². The fourth-order valence-electron chi connectivity index (χ4n) is 3.98. The summed E-state index contributed by atoms with van der Waals surface area (Å²) in [4.78, 5) is 42.5. The lowest BCUT2D eigenvalue weighted by atomic mass is 10.0. The highest BCUT2D eigenvalue weighted by Crippen LogP contribution is 2.36. The molecule has 1 fully saturated rings. The number of hydrogen-bond acceptors (Lipinski definition) is 7. The zero-order valence-electron chi connectivity index (χ0n) is 17.1. The van der Waals surface area contributed by atoms with Crippen LogP contribution >= 0.6 is 11.6 Å². The normalized spacial score (nSPS) is 17.4. The molecule has 32 heavy (non-hydrogen) atoms. The van der Waals surface area contributed by atoms with Crippen LogP contribution in [0.5, 0.6) is 0 Å². The van der Waals surface area contributed by atoms with Crippen molar-refractivity contribution in [3.63, 3.8) is 0 Å². The Balaban J connectivity index is 1.74. The van der Waals surface area contributed by atoms with Crippen LogP contribution in [-0.2, 0) is 9.59 Å². The Bertz CT molecular complexity index is 1080. The number of benzene rings is 2. The Morgan fingerprint density at radius 2 is 1.56 bits per heavy atom. The Kier molecular flexibility index (Phi) is 6.22. The largest absolute Gasteiger partial charge is 0.395 e. The summed E-state index contributed by atoms with van der Waals surface area (Å²) < 4.78 is 0. The van der Waals surface area contributed by atoms with Gasteiger partial charge in [0.25, 0.3) is 17.5 Å². The molecule has 2 aliphatic heterocycles. The number of imide groups is 1. The summed E-state index contributed by atoms with van der Waals surface area (Å²) >= 11 is 5.96. The number of carbonyl (C=O) groups is 2. The van der Waals surface area contributed by atoms with E-state index in [2.05, 4.69) is 4.90 Å². The molecule has 0 aliphatic carbocycles. The lowest BCUT2D eigenvalue weighted by Gasteiger charge is -2.36. The molecular formula is C22H21ClN4O5. The third kappa shape index (κ3) is 4.10. The predicted octanol–water partition coefficient (Wildman–Crippen LogP) is 2.14. The van der Waals surface area contributed by atoms with Crippen LogP contribution in [0, 0.1) is 10.1 Å². The molecule has 4 rings (SSSR count). The average molecular weight is 457 g/mol. The molecule has 1 N–H and O–H groups in total. The number of non-ortho nitro benzene ring substituents is 1. The molecule has 0 aromatic heterocycles. The van der Waals surface area contributed by atoms with E-state index in [0.717, 1.165) is 4.90 Å². The number of nitrogens with zero attached hydrogens (tertiary/aromatic N) is 4. The fraction of sp³-hybridized carbons (Fsp3) is 0.273. The first-order valence-corrected chi connectivity index (χ1v) is 10.5. The summed E-state index contributed by atoms with van der Waals surface area (Å²) in [5.41, 5.74) is 1.24. The maximum atomic E-state index is 13.5. The minimum absolute atomic E-state index is 0.0541. The molecule has 2 aromatic carbocycles. The van der Waals surface area contributed by atoms with Gasteiger partial charge in [-0.15, -0.1) is 0 Å². The van der Waals surface area contributed by atoms with Crippen molar-refractivity contribution in [3.8, 4) is 0 Å². The van der Waals surface area contributed by atoms with E-state index < -0.39 is 16.7 Å². The highest BCUT2D eigenvalue weighted by atomic mass is 35.5. The minimum atomic E-state index is -0.513. The van der Waals surface area contributed by atoms with Crippen LogP contribution in [0.25, 0.3) is 5.57 Å². The Hall–Kier alpha value is -3.27. The van der Waals surface area contributed by atoms with Crippen molar-refractivity contribution in [1.82, 2.24) is 9.80 Å². The van der Waals surface area contributed by atoms with Gasteiger partial charge in [0.1, 0.15) is 5.70 Å². The monoisotopic (exact) mass is 456 g/mol. The lowest BCUT2D eigenvalue weighted by Crippen LogP contribution is -2.48. The summed E-state index contributed by atoms with van der Waals surface area (Å²) in [6, 6.07) is 12.0. The van der Waals surface area contributed by atoms with Gasteiger partial charge < -0.3 is 10.0 Å². The molecule has 0 radical (unpaired) electrons. The fourth-order valence-corrected chi connectivity index (χ4v) is 4.11. The highest BCUT2D eigenvalue weighted by molar-refractivity contribution is 6.45. The van der Waals surface area contributed by atoms with Crippen LogP contribution in [0.4, 0.5) is 11.4 Å². The van der Waals surface area contributed by atoms with Gasteiger partial charge in [-0.05, 0) is 42.0 Å². The predicted molar refractivity (Wildman–Crippen MR) is 119 cm³/mol. The van der Waals surface area contributed by atoms with E-state index in [4.69, 9.17) is 11.6 Å². The molecule has 0 spiro atoms. The van der Waals surface area contributed by atoms with Crippen molar-refractivity contribution in [1.29, 1.82) is 0 Å². The quantitative estimate of drug-likeness (QED) is 0.403. The van der Waals surface area contributed by atoms with E-state index in [1.807, 2.05) is 4.90 Å². The molecule has 0 bridgehead atoms. The molecule has 9 nitrogen and oxygen atoms in total. The van der Waals surface area contributed by atoms with Gasteiger partial charge in [-0.25, -0.2) is 4.90 Å². The van der Waals surface area contributed by atoms with Gasteiger partial charge in [0.2, 0.25) is 0 Å². The molecule has 2 amide bonds. The van der Waals surface area contributed by atoms with Gasteiger partial charge in [0, 0.05) is 49.9 Å². The second-order valence-corrected chi connectivity index (χ2v) is 7.94. The van der Waals surface area contributed by atoms with Crippen LogP contribution < -0.4 is 4.90 Å². The SMILES string of the molecule is O=C1C(c2ccc([N+](=O)[O-])cc2)=C(N2CCN(CCO)CC2)C(=O)N1c1ccc(Cl)cc1. The summed E-state index contributed by atoms with van der Waals surface area (Å²) in [6.45, 7) is 2.91. The van der Waals surface area contributed by atoms with E-state index in [-0.39, 0.29) is 23.6 Å². The average Bonchev–Trinajstić information content (AvgIpc) is 3.05. The molecule has 2 aliphatic rings. The third-order valence-electron chi connectivity index (χ3n) is 5.62. The first-order valence-electron chi connectivity index (χ1n) is 10.1. The van der Waals surface area contributed by atoms with Crippen molar-refractivity contribution in [2.24, 2.45) is 0 Å². The zero-order valence-corrected chi connectivity index (χ0v) is 17.9. The Labute approximate surface area is 189 Å². The summed E-state index contributed by atoms with van der Waals surface area (Å²) in [6.07, 6.45) is 0. The van der Waals surface area contributed by atoms with Crippen LogP contribution in [-0.4, -0.2) is 71.0 Å². The molecule has 166 valence electrons. The van der Waals surface area contributed by atoms with Crippen molar-refractivity contribution >= 4 is 40.4 Å². The second kappa shape index (κ2) is 9.07. The van der Waals surface area contributed by atoms with Crippen molar-refractivity contribution < 1.29 is 19.6 Å². The molecule has 2 aromatic rings. The number of β-amino-alcohol motifs (C(OH)–C–C–N with tert-alkyl or cyclic N) is 1. The molecule has 10 heteroatoms. The number of hydrogen-bond donors (Lipinski definition) is 1. The van der Waals surface area contributed by atoms with Gasteiger partial charge in [-0.1, -0.05) is 11.6 Å². The number of rotatable bonds is 6. The third-order valence-corrected chi connectivity index (χ3v) is 5.87. The van der Waals surface area contributed by atoms with Gasteiger partial charge in [-0.3, -0.25) is 24.6 Å². The first-order chi connectivity index (χ1) is 15.4. The number of halogens is 1. The van der Waals surface area contributed by atoms with Crippen molar-refractivity contribution in [2.45, 2.75) is 0 Å². The second-order valence-electron chi connectivity index (χ2n) is 7.50. The molecular weight excluding hydrogens is 436 g/mol. The van der Waals surface area contributed by atoms with Crippen LogP contribution in [0.2, 0.25) is 5.02 Å². The molecule has 0 atom stereocenters. The summed E-state index contributed by atoms with van der Waals surface area (Å²) in [5.74, 6) is -0.930. The lowest BCUT2D eigenvalue weighted by molar-refractivity contribution is -0.384. The maximum absolute atomic E-state index is 13.5. The van der Waals surface area contributed by atoms with Crippen molar-refractivity contribution in [3.05, 3.63) is 74.9 Å². The van der Waals surface area contributed by atoms with E-state index in [0.29, 0.717) is 49.0 Å². The summed E-state index contributed by atoms with van der Waals surface area (Å²) in [7, 11) is 0. The number of aliphatic hydroxyl groups excluding tert-OH is 1. The van der Waals surface area contributed by atoms with Gasteiger partial charge >= 0.3 is 0 Å². The number of nitro benzene ring substituents is 1. The number of amides is 2. The van der Waals surface area contributed by atoms with Crippen LogP contribution in [0.15, 0.2) is 54.2 Å². The number of piperazine rings is 1. The van der Waals surface area contributed by atoms with E-state index in [1.165, 1.54) is 24.3 Å². The number of anilines is 1. The van der Waals surface area contributed by atoms with Crippen LogP contribution in [0.3, 0.4) is 0 Å². The molecule has 0 unspecified atom stereocenters. The number of aliphatic hydroxyl groups is 1. The zero-order chi connectivity index (χ0) is 22.8. The van der Waals surface area contributed by atoms with E-state index in [9.17, 15) is 24.8 Å². The minimum Gasteiger partial charge on any atom is -0.395 e. The first kappa shape index (κ1) is 21.9. The molecule has 1 saturated heterocycles. The molecule has 0 saturated carbocycles. The van der Waals surface area contributed by atoms with Crippen LogP contribution in [0.1, 0.15) is 5.56 Å². The topological polar surface area (TPSA) is 107 Å². The highest BCUT2D eigenvalue weighted by Gasteiger charge is 2.43. The Morgan fingerprint density at radius 1 is 0.938 bits per heavy atom.